The highest BCUT2D eigenvalue weighted by Crippen LogP contribution is 2.23. The number of nitrogens with zero attached hydrogens (tertiary/aromatic N) is 1. The van der Waals surface area contributed by atoms with Crippen molar-refractivity contribution in [3.8, 4) is 5.75 Å². The molecule has 4 N–H and O–H groups in total. The maximum Gasteiger partial charge on any atom is 0.141 e. The predicted molar refractivity (Wildman–Crippen MR) is 69.2 cm³/mol. The van der Waals surface area contributed by atoms with Crippen LogP contribution in [0, 0.1) is 6.92 Å². The minimum Gasteiger partial charge on any atom is -0.506 e. The second-order valence-electron chi connectivity index (χ2n) is 4.72. The molecular weight excluding hydrogens is 232 g/mol. The van der Waals surface area contributed by atoms with Gasteiger partial charge < -0.3 is 20.6 Å². The lowest BCUT2D eigenvalue weighted by molar-refractivity contribution is 0.170. The average Bonchev–Trinajstić information content (AvgIpc) is 2.30. The molecule has 5 nitrogen and oxygen atoms in total. The summed E-state index contributed by atoms with van der Waals surface area (Å²) in [6, 6.07) is 0.129. The summed E-state index contributed by atoms with van der Waals surface area (Å²) in [6.07, 6.45) is 1.85. The number of nitrogens with one attached hydrogen (secondary N) is 1. The van der Waals surface area contributed by atoms with Crippen molar-refractivity contribution in [2.24, 2.45) is 0 Å². The maximum absolute atomic E-state index is 9.94. The molecule has 0 aromatic carbocycles. The zero-order valence-corrected chi connectivity index (χ0v) is 11.1. The number of hydrogen-bond donors (Lipinski definition) is 4. The molecule has 0 bridgehead atoms. The van der Waals surface area contributed by atoms with Crippen LogP contribution in [0.15, 0.2) is 6.20 Å². The highest BCUT2D eigenvalue weighted by atomic mass is 16.3. The smallest absolute Gasteiger partial charge is 0.141 e. The average molecular weight is 254 g/mol. The normalized spacial score (nSPS) is 14.5. The van der Waals surface area contributed by atoms with Gasteiger partial charge in [0.05, 0.1) is 18.4 Å². The molecule has 5 heteroatoms. The summed E-state index contributed by atoms with van der Waals surface area (Å²) < 4.78 is 0. The van der Waals surface area contributed by atoms with E-state index in [1.807, 2.05) is 6.92 Å². The van der Waals surface area contributed by atoms with Crippen molar-refractivity contribution in [3.63, 3.8) is 0 Å². The zero-order valence-electron chi connectivity index (χ0n) is 11.1. The van der Waals surface area contributed by atoms with Crippen LogP contribution in [0.1, 0.15) is 37.1 Å². The molecule has 1 aromatic heterocycles. The third-order valence-corrected chi connectivity index (χ3v) is 2.92. The fourth-order valence-electron chi connectivity index (χ4n) is 1.89. The lowest BCUT2D eigenvalue weighted by atomic mass is 10.1. The Kier molecular flexibility index (Phi) is 5.53. The van der Waals surface area contributed by atoms with Crippen molar-refractivity contribution in [2.75, 3.05) is 0 Å². The first-order valence-corrected chi connectivity index (χ1v) is 6.14. The van der Waals surface area contributed by atoms with Crippen molar-refractivity contribution in [1.29, 1.82) is 0 Å². The largest absolute Gasteiger partial charge is 0.506 e. The second kappa shape index (κ2) is 6.68. The van der Waals surface area contributed by atoms with Crippen LogP contribution >= 0.6 is 0 Å². The third-order valence-electron chi connectivity index (χ3n) is 2.92. The number of pyridine rings is 1. The quantitative estimate of drug-likeness (QED) is 0.604. The van der Waals surface area contributed by atoms with Crippen LogP contribution in [0.3, 0.4) is 0 Å². The fraction of sp³-hybridized carbons (Fsp3) is 0.615. The van der Waals surface area contributed by atoms with Crippen LogP contribution in [0.4, 0.5) is 0 Å². The lowest BCUT2D eigenvalue weighted by Gasteiger charge is -2.17. The minimum atomic E-state index is -0.363. The van der Waals surface area contributed by atoms with E-state index in [1.54, 1.807) is 20.0 Å². The van der Waals surface area contributed by atoms with Crippen molar-refractivity contribution in [2.45, 2.75) is 52.5 Å². The number of hydrogen-bond acceptors (Lipinski definition) is 5. The predicted octanol–water partition coefficient (Wildman–Crippen LogP) is 0.837. The summed E-state index contributed by atoms with van der Waals surface area (Å²) >= 11 is 0. The van der Waals surface area contributed by atoms with E-state index < -0.39 is 0 Å². The molecule has 18 heavy (non-hydrogen) atoms. The highest BCUT2D eigenvalue weighted by Gasteiger charge is 2.13. The summed E-state index contributed by atoms with van der Waals surface area (Å²) in [5, 5.41) is 31.7. The molecule has 0 aliphatic rings. The summed E-state index contributed by atoms with van der Waals surface area (Å²) in [5.74, 6) is 0.123. The number of rotatable bonds is 6. The summed E-state index contributed by atoms with van der Waals surface area (Å²) in [4.78, 5) is 4.01. The first kappa shape index (κ1) is 14.9. The molecule has 1 aromatic rings. The number of aliphatic hydroxyl groups is 2. The summed E-state index contributed by atoms with van der Waals surface area (Å²) in [7, 11) is 0. The van der Waals surface area contributed by atoms with E-state index >= 15 is 0 Å². The first-order chi connectivity index (χ1) is 8.45. The Balaban J connectivity index is 2.74. The summed E-state index contributed by atoms with van der Waals surface area (Å²) in [6.45, 7) is 5.72. The monoisotopic (exact) mass is 254 g/mol. The highest BCUT2D eigenvalue weighted by molar-refractivity contribution is 5.40. The zero-order chi connectivity index (χ0) is 13.7. The Morgan fingerprint density at radius 1 is 1.39 bits per heavy atom. The number of aryl methyl sites for hydroxylation is 1. The number of aliphatic hydroxyl groups excluding tert-OH is 2. The Bertz CT molecular complexity index is 394. The van der Waals surface area contributed by atoms with Gasteiger partial charge in [-0.2, -0.15) is 0 Å². The minimum absolute atomic E-state index is 0.123. The van der Waals surface area contributed by atoms with Crippen LogP contribution in [0.5, 0.6) is 5.75 Å². The van der Waals surface area contributed by atoms with Crippen LogP contribution < -0.4 is 5.32 Å². The molecule has 0 spiro atoms. The van der Waals surface area contributed by atoms with E-state index in [0.717, 1.165) is 0 Å². The van der Waals surface area contributed by atoms with Gasteiger partial charge in [0.2, 0.25) is 0 Å². The standard InChI is InChI=1S/C13H22N2O3/c1-8(4-9(2)17)14-6-12-11(7-16)5-15-10(3)13(12)18/h5,8-9,14,16-18H,4,6-7H2,1-3H3. The Hall–Kier alpha value is -1.17. The Labute approximate surface area is 108 Å². The Morgan fingerprint density at radius 2 is 2.06 bits per heavy atom. The van der Waals surface area contributed by atoms with Crippen LogP contribution in [0.25, 0.3) is 0 Å². The van der Waals surface area contributed by atoms with Crippen molar-refractivity contribution >= 4 is 0 Å². The molecule has 2 atom stereocenters. The third kappa shape index (κ3) is 3.94. The molecule has 0 aliphatic heterocycles. The lowest BCUT2D eigenvalue weighted by Crippen LogP contribution is -2.29. The van der Waals surface area contributed by atoms with Crippen LogP contribution in [-0.4, -0.2) is 32.4 Å². The van der Waals surface area contributed by atoms with Gasteiger partial charge in [0.15, 0.2) is 0 Å². The van der Waals surface area contributed by atoms with Crippen molar-refractivity contribution in [3.05, 3.63) is 23.0 Å². The van der Waals surface area contributed by atoms with E-state index in [9.17, 15) is 15.3 Å². The molecule has 2 unspecified atom stereocenters. The van der Waals surface area contributed by atoms with Crippen LogP contribution in [-0.2, 0) is 13.2 Å². The SMILES string of the molecule is Cc1ncc(CO)c(CNC(C)CC(C)O)c1O. The van der Waals surface area contributed by atoms with E-state index in [4.69, 9.17) is 0 Å². The molecule has 0 amide bonds. The molecule has 0 saturated carbocycles. The molecule has 1 rings (SSSR count). The van der Waals surface area contributed by atoms with Gasteiger partial charge in [0, 0.05) is 29.9 Å². The topological polar surface area (TPSA) is 85.6 Å². The fourth-order valence-corrected chi connectivity index (χ4v) is 1.89. The summed E-state index contributed by atoms with van der Waals surface area (Å²) in [5.41, 5.74) is 1.84. The maximum atomic E-state index is 9.94. The molecule has 0 radical (unpaired) electrons. The van der Waals surface area contributed by atoms with E-state index in [-0.39, 0.29) is 24.5 Å². The van der Waals surface area contributed by atoms with Gasteiger partial charge in [0.25, 0.3) is 0 Å². The van der Waals surface area contributed by atoms with E-state index in [0.29, 0.717) is 29.8 Å². The molecule has 0 aliphatic carbocycles. The molecule has 102 valence electrons. The van der Waals surface area contributed by atoms with E-state index in [1.165, 1.54) is 0 Å². The molecule has 0 fully saturated rings. The van der Waals surface area contributed by atoms with Gasteiger partial charge in [-0.25, -0.2) is 0 Å². The van der Waals surface area contributed by atoms with Gasteiger partial charge in [0.1, 0.15) is 5.75 Å². The first-order valence-electron chi connectivity index (χ1n) is 6.14. The number of aromatic hydroxyl groups is 1. The Morgan fingerprint density at radius 3 is 2.61 bits per heavy atom. The van der Waals surface area contributed by atoms with Gasteiger partial charge >= 0.3 is 0 Å². The molecule has 0 saturated heterocycles. The number of aromatic nitrogens is 1. The van der Waals surface area contributed by atoms with Crippen LogP contribution in [0.2, 0.25) is 0 Å². The van der Waals surface area contributed by atoms with Gasteiger partial charge in [-0.05, 0) is 27.2 Å². The van der Waals surface area contributed by atoms with E-state index in [2.05, 4.69) is 10.3 Å². The van der Waals surface area contributed by atoms with Crippen molar-refractivity contribution < 1.29 is 15.3 Å². The molecular formula is C13H22N2O3. The van der Waals surface area contributed by atoms with Crippen molar-refractivity contribution in [1.82, 2.24) is 10.3 Å². The molecule has 1 heterocycles. The van der Waals surface area contributed by atoms with Gasteiger partial charge in [-0.15, -0.1) is 0 Å². The van der Waals surface area contributed by atoms with Gasteiger partial charge in [-0.1, -0.05) is 0 Å². The second-order valence-corrected chi connectivity index (χ2v) is 4.72. The van der Waals surface area contributed by atoms with Gasteiger partial charge in [-0.3, -0.25) is 4.98 Å².